The van der Waals surface area contributed by atoms with E-state index in [4.69, 9.17) is 14.2 Å². The van der Waals surface area contributed by atoms with Crippen LogP contribution in [0.5, 0.6) is 0 Å². The van der Waals surface area contributed by atoms with E-state index in [0.29, 0.717) is 19.3 Å². The maximum atomic E-state index is 12.9. The van der Waals surface area contributed by atoms with Gasteiger partial charge in [0.05, 0.1) is 0 Å². The van der Waals surface area contributed by atoms with Gasteiger partial charge in [-0.3, -0.25) is 14.4 Å². The lowest BCUT2D eigenvalue weighted by Gasteiger charge is -2.18. The summed E-state index contributed by atoms with van der Waals surface area (Å²) in [5.74, 6) is -0.896. The van der Waals surface area contributed by atoms with Crippen LogP contribution >= 0.6 is 0 Å². The molecule has 1 atom stereocenters. The highest BCUT2D eigenvalue weighted by atomic mass is 16.6. The van der Waals surface area contributed by atoms with Crippen molar-refractivity contribution in [2.24, 2.45) is 0 Å². The molecule has 0 aromatic heterocycles. The van der Waals surface area contributed by atoms with Crippen LogP contribution < -0.4 is 0 Å². The number of unbranched alkanes of at least 4 members (excludes halogenated alkanes) is 35. The number of allylic oxidation sites excluding steroid dienone is 12. The molecule has 0 aliphatic rings. The zero-order valence-electron chi connectivity index (χ0n) is 46.3. The van der Waals surface area contributed by atoms with E-state index in [-0.39, 0.29) is 31.1 Å². The van der Waals surface area contributed by atoms with Crippen molar-refractivity contribution in [3.63, 3.8) is 0 Å². The highest BCUT2D eigenvalue weighted by Gasteiger charge is 2.19. The molecule has 0 fully saturated rings. The third kappa shape index (κ3) is 55.8. The molecule has 0 aliphatic carbocycles. The molecular formula is C64H112O6. The predicted molar refractivity (Wildman–Crippen MR) is 302 cm³/mol. The molecule has 0 saturated carbocycles. The molecule has 0 saturated heterocycles. The van der Waals surface area contributed by atoms with Gasteiger partial charge in [0, 0.05) is 19.3 Å². The van der Waals surface area contributed by atoms with Crippen molar-refractivity contribution >= 4 is 17.9 Å². The smallest absolute Gasteiger partial charge is 0.306 e. The highest BCUT2D eigenvalue weighted by Crippen LogP contribution is 2.17. The Hall–Kier alpha value is -3.15. The van der Waals surface area contributed by atoms with Crippen LogP contribution in [0.25, 0.3) is 0 Å². The minimum Gasteiger partial charge on any atom is -0.462 e. The van der Waals surface area contributed by atoms with Gasteiger partial charge < -0.3 is 14.2 Å². The minimum absolute atomic E-state index is 0.0827. The second-order valence-corrected chi connectivity index (χ2v) is 20.0. The molecule has 0 aromatic rings. The van der Waals surface area contributed by atoms with Crippen molar-refractivity contribution in [1.82, 2.24) is 0 Å². The number of hydrogen-bond acceptors (Lipinski definition) is 6. The molecule has 0 rings (SSSR count). The third-order valence-corrected chi connectivity index (χ3v) is 13.1. The summed E-state index contributed by atoms with van der Waals surface area (Å²) in [5, 5.41) is 0. The van der Waals surface area contributed by atoms with Crippen LogP contribution in [-0.2, 0) is 28.6 Å². The number of carbonyl (C=O) groups excluding carboxylic acids is 3. The maximum Gasteiger partial charge on any atom is 0.306 e. The van der Waals surface area contributed by atoms with Crippen LogP contribution in [0.1, 0.15) is 297 Å². The first-order valence-electron chi connectivity index (χ1n) is 30.0. The minimum atomic E-state index is -0.786. The molecule has 0 aliphatic heterocycles. The van der Waals surface area contributed by atoms with E-state index in [9.17, 15) is 14.4 Å². The lowest BCUT2D eigenvalue weighted by molar-refractivity contribution is -0.167. The fourth-order valence-corrected chi connectivity index (χ4v) is 8.56. The van der Waals surface area contributed by atoms with Gasteiger partial charge in [0.1, 0.15) is 13.2 Å². The van der Waals surface area contributed by atoms with E-state index in [1.54, 1.807) is 0 Å². The number of carbonyl (C=O) groups is 3. The first kappa shape index (κ1) is 66.9. The van der Waals surface area contributed by atoms with Crippen molar-refractivity contribution in [2.45, 2.75) is 303 Å². The van der Waals surface area contributed by atoms with Crippen LogP contribution in [0, 0.1) is 0 Å². The Morgan fingerprint density at radius 1 is 0.300 bits per heavy atom. The van der Waals surface area contributed by atoms with Crippen molar-refractivity contribution in [2.75, 3.05) is 13.2 Å². The summed E-state index contributed by atoms with van der Waals surface area (Å²) in [6.45, 7) is 6.49. The van der Waals surface area contributed by atoms with E-state index < -0.39 is 6.10 Å². The Morgan fingerprint density at radius 2 is 0.557 bits per heavy atom. The van der Waals surface area contributed by atoms with E-state index >= 15 is 0 Å². The number of hydrogen-bond donors (Lipinski definition) is 0. The molecule has 0 amide bonds. The monoisotopic (exact) mass is 977 g/mol. The fourth-order valence-electron chi connectivity index (χ4n) is 8.56. The molecular weight excluding hydrogens is 865 g/mol. The van der Waals surface area contributed by atoms with Crippen LogP contribution in [0.4, 0.5) is 0 Å². The van der Waals surface area contributed by atoms with Crippen LogP contribution in [0.15, 0.2) is 72.9 Å². The summed E-state index contributed by atoms with van der Waals surface area (Å²) in [7, 11) is 0. The molecule has 0 bridgehead atoms. The third-order valence-electron chi connectivity index (χ3n) is 13.1. The number of rotatable bonds is 54. The van der Waals surface area contributed by atoms with Crippen LogP contribution in [0.2, 0.25) is 0 Å². The van der Waals surface area contributed by atoms with Crippen molar-refractivity contribution in [3.8, 4) is 0 Å². The number of esters is 3. The predicted octanol–water partition coefficient (Wildman–Crippen LogP) is 20.2. The second kappa shape index (κ2) is 58.4. The molecule has 6 nitrogen and oxygen atoms in total. The summed E-state index contributed by atoms with van der Waals surface area (Å²) >= 11 is 0. The average molecular weight is 978 g/mol. The van der Waals surface area contributed by atoms with Gasteiger partial charge in [0.15, 0.2) is 6.10 Å². The normalized spacial score (nSPS) is 12.6. The topological polar surface area (TPSA) is 78.9 Å². The SMILES string of the molecule is CC\C=C/C=C\C=C/C=C\CCCCCCCC(=O)OCC(COC(=O)CCCCCCCCCCCC/C=C\C=C/CCCCC)OC(=O)CCCCCCCCCCCCCCCCCCCC. The van der Waals surface area contributed by atoms with E-state index in [2.05, 4.69) is 75.5 Å². The molecule has 1 unspecified atom stereocenters. The molecule has 70 heavy (non-hydrogen) atoms. The summed E-state index contributed by atoms with van der Waals surface area (Å²) in [4.78, 5) is 38.2. The molecule has 6 heteroatoms. The van der Waals surface area contributed by atoms with Gasteiger partial charge in [-0.25, -0.2) is 0 Å². The van der Waals surface area contributed by atoms with Gasteiger partial charge in [-0.1, -0.05) is 286 Å². The zero-order chi connectivity index (χ0) is 50.7. The Kier molecular flexibility index (Phi) is 55.8. The van der Waals surface area contributed by atoms with Crippen molar-refractivity contribution in [1.29, 1.82) is 0 Å². The zero-order valence-corrected chi connectivity index (χ0v) is 46.3. The second-order valence-electron chi connectivity index (χ2n) is 20.0. The van der Waals surface area contributed by atoms with Gasteiger partial charge >= 0.3 is 17.9 Å². The molecule has 0 radical (unpaired) electrons. The average Bonchev–Trinajstić information content (AvgIpc) is 3.36. The lowest BCUT2D eigenvalue weighted by Crippen LogP contribution is -2.30. The molecule has 0 spiro atoms. The molecule has 0 N–H and O–H groups in total. The van der Waals surface area contributed by atoms with Gasteiger partial charge in [-0.05, 0) is 64.2 Å². The van der Waals surface area contributed by atoms with Crippen LogP contribution in [0.3, 0.4) is 0 Å². The van der Waals surface area contributed by atoms with Crippen LogP contribution in [-0.4, -0.2) is 37.2 Å². The van der Waals surface area contributed by atoms with E-state index in [1.807, 2.05) is 18.2 Å². The first-order chi connectivity index (χ1) is 34.5. The summed E-state index contributed by atoms with van der Waals surface area (Å²) in [6, 6.07) is 0. The Morgan fingerprint density at radius 3 is 0.914 bits per heavy atom. The van der Waals surface area contributed by atoms with Gasteiger partial charge in [-0.2, -0.15) is 0 Å². The molecule has 404 valence electrons. The highest BCUT2D eigenvalue weighted by molar-refractivity contribution is 5.71. The standard InChI is InChI=1S/C64H112O6/c1-4-7-10-13-16-19-22-25-28-30-32-34-36-39-42-45-48-51-54-57-63(66)69-60-61(59-68-62(65)56-53-50-47-44-41-38-35-27-24-21-18-15-12-9-6-3)70-64(67)58-55-52-49-46-43-40-37-33-31-29-26-23-20-17-14-11-8-5-2/h9,12,15-16,18-19,21-22,24-25,27,35,61H,4-8,10-11,13-14,17,20,23,26,28-34,36-60H2,1-3H3/b12-9-,18-15-,19-16-,24-21-,25-22-,35-27-. The summed E-state index contributed by atoms with van der Waals surface area (Å²) < 4.78 is 16.9. The fraction of sp³-hybridized carbons (Fsp3) is 0.766. The van der Waals surface area contributed by atoms with Gasteiger partial charge in [0.25, 0.3) is 0 Å². The summed E-state index contributed by atoms with van der Waals surface area (Å²) in [5.41, 5.74) is 0. The Bertz CT molecular complexity index is 1310. The molecule has 0 aromatic carbocycles. The van der Waals surface area contributed by atoms with Gasteiger partial charge in [-0.15, -0.1) is 0 Å². The van der Waals surface area contributed by atoms with E-state index in [0.717, 1.165) is 83.5 Å². The lowest BCUT2D eigenvalue weighted by atomic mass is 10.0. The maximum absolute atomic E-state index is 12.9. The summed E-state index contributed by atoms with van der Waals surface area (Å²) in [6.07, 6.45) is 74.6. The van der Waals surface area contributed by atoms with E-state index in [1.165, 1.54) is 173 Å². The Labute approximate surface area is 433 Å². The molecule has 0 heterocycles. The number of ether oxygens (including phenoxy) is 3. The van der Waals surface area contributed by atoms with Crippen molar-refractivity contribution < 1.29 is 28.6 Å². The van der Waals surface area contributed by atoms with Crippen molar-refractivity contribution in [3.05, 3.63) is 72.9 Å². The van der Waals surface area contributed by atoms with Gasteiger partial charge in [0.2, 0.25) is 0 Å². The Balaban J connectivity index is 4.38. The largest absolute Gasteiger partial charge is 0.462 e. The quantitative estimate of drug-likeness (QED) is 0.0261. The first-order valence-corrected chi connectivity index (χ1v) is 30.0.